The summed E-state index contributed by atoms with van der Waals surface area (Å²) in [4.78, 5) is 11.7. The van der Waals surface area contributed by atoms with Crippen molar-refractivity contribution in [3.8, 4) is 0 Å². The Morgan fingerprint density at radius 2 is 2.05 bits per heavy atom. The molecule has 1 aromatic carbocycles. The van der Waals surface area contributed by atoms with Crippen LogP contribution in [0.3, 0.4) is 0 Å². The first-order valence-corrected chi connectivity index (χ1v) is 6.59. The Morgan fingerprint density at radius 3 is 2.58 bits per heavy atom. The zero-order valence-corrected chi connectivity index (χ0v) is 12.4. The van der Waals surface area contributed by atoms with Gasteiger partial charge in [0.1, 0.15) is 0 Å². The third-order valence-electron chi connectivity index (χ3n) is 3.24. The van der Waals surface area contributed by atoms with Gasteiger partial charge in [-0.05, 0) is 37.5 Å². The number of benzene rings is 1. The van der Waals surface area contributed by atoms with Crippen molar-refractivity contribution in [3.63, 3.8) is 0 Å². The van der Waals surface area contributed by atoms with Gasteiger partial charge in [-0.15, -0.1) is 0 Å². The molecule has 106 valence electrons. The van der Waals surface area contributed by atoms with Crippen LogP contribution in [0, 0.1) is 5.41 Å². The van der Waals surface area contributed by atoms with Crippen LogP contribution in [0.2, 0.25) is 0 Å². The second-order valence-corrected chi connectivity index (χ2v) is 5.75. The number of nitrogens with one attached hydrogen (secondary N) is 1. The van der Waals surface area contributed by atoms with E-state index in [1.54, 1.807) is 25.1 Å². The van der Waals surface area contributed by atoms with Gasteiger partial charge >= 0.3 is 5.97 Å². The van der Waals surface area contributed by atoms with Crippen LogP contribution in [0.1, 0.15) is 45.0 Å². The fourth-order valence-electron chi connectivity index (χ4n) is 1.47. The lowest BCUT2D eigenvalue weighted by atomic mass is 9.88. The van der Waals surface area contributed by atoms with E-state index < -0.39 is 0 Å². The van der Waals surface area contributed by atoms with E-state index in [4.69, 9.17) is 10.5 Å². The van der Waals surface area contributed by atoms with Crippen molar-refractivity contribution in [2.24, 2.45) is 5.41 Å². The topological polar surface area (TPSA) is 64.3 Å². The number of nitrogen functional groups attached to an aromatic ring is 1. The standard InChI is InChI=1S/C15H24N2O2/c1-6-19-14(18)11-7-8-12(16)13(9-11)17-10(2)15(3,4)5/h7-10,17H,6,16H2,1-5H3. The maximum atomic E-state index is 11.7. The molecule has 0 amide bonds. The quantitative estimate of drug-likeness (QED) is 0.647. The zero-order chi connectivity index (χ0) is 14.6. The Kier molecular flexibility index (Phi) is 4.81. The smallest absolute Gasteiger partial charge is 0.338 e. The van der Waals surface area contributed by atoms with Gasteiger partial charge in [-0.1, -0.05) is 20.8 Å². The number of ether oxygens (including phenoxy) is 1. The molecule has 0 saturated carbocycles. The highest BCUT2D eigenvalue weighted by Crippen LogP contribution is 2.27. The number of rotatable bonds is 4. The summed E-state index contributed by atoms with van der Waals surface area (Å²) in [6.45, 7) is 10.7. The van der Waals surface area contributed by atoms with Gasteiger partial charge in [0, 0.05) is 6.04 Å². The molecule has 1 aromatic rings. The monoisotopic (exact) mass is 264 g/mol. The van der Waals surface area contributed by atoms with E-state index in [2.05, 4.69) is 33.0 Å². The average molecular weight is 264 g/mol. The molecule has 4 nitrogen and oxygen atoms in total. The fourth-order valence-corrected chi connectivity index (χ4v) is 1.47. The third-order valence-corrected chi connectivity index (χ3v) is 3.24. The van der Waals surface area contributed by atoms with Gasteiger partial charge in [0.2, 0.25) is 0 Å². The van der Waals surface area contributed by atoms with E-state index >= 15 is 0 Å². The lowest BCUT2D eigenvalue weighted by molar-refractivity contribution is 0.0526. The van der Waals surface area contributed by atoms with Crippen LogP contribution < -0.4 is 11.1 Å². The van der Waals surface area contributed by atoms with Gasteiger partial charge in [0.25, 0.3) is 0 Å². The Bertz CT molecular complexity index is 450. The van der Waals surface area contributed by atoms with Crippen LogP contribution in [-0.2, 0) is 4.74 Å². The van der Waals surface area contributed by atoms with Crippen molar-refractivity contribution in [2.75, 3.05) is 17.7 Å². The molecule has 0 aromatic heterocycles. The number of carbonyl (C=O) groups is 1. The molecule has 0 aliphatic heterocycles. The largest absolute Gasteiger partial charge is 0.462 e. The van der Waals surface area contributed by atoms with Crippen molar-refractivity contribution in [1.82, 2.24) is 0 Å². The minimum Gasteiger partial charge on any atom is -0.462 e. The summed E-state index contributed by atoms with van der Waals surface area (Å²) in [6.07, 6.45) is 0. The number of esters is 1. The summed E-state index contributed by atoms with van der Waals surface area (Å²) in [6, 6.07) is 5.38. The van der Waals surface area contributed by atoms with E-state index in [0.29, 0.717) is 17.9 Å². The van der Waals surface area contributed by atoms with Crippen LogP contribution in [0.5, 0.6) is 0 Å². The number of hydrogen-bond acceptors (Lipinski definition) is 4. The van der Waals surface area contributed by atoms with Crippen molar-refractivity contribution in [1.29, 1.82) is 0 Å². The summed E-state index contributed by atoms with van der Waals surface area (Å²) in [5.41, 5.74) is 7.96. The molecule has 0 spiro atoms. The van der Waals surface area contributed by atoms with Gasteiger partial charge in [-0.2, -0.15) is 0 Å². The van der Waals surface area contributed by atoms with Crippen molar-refractivity contribution >= 4 is 17.3 Å². The lowest BCUT2D eigenvalue weighted by Crippen LogP contribution is -2.31. The van der Waals surface area contributed by atoms with E-state index in [9.17, 15) is 4.79 Å². The summed E-state index contributed by atoms with van der Waals surface area (Å²) < 4.78 is 4.99. The molecule has 3 N–H and O–H groups in total. The highest BCUT2D eigenvalue weighted by Gasteiger charge is 2.20. The summed E-state index contributed by atoms with van der Waals surface area (Å²) in [5, 5.41) is 3.35. The SMILES string of the molecule is CCOC(=O)c1ccc(N)c(NC(C)C(C)(C)C)c1. The van der Waals surface area contributed by atoms with Crippen LogP contribution in [0.4, 0.5) is 11.4 Å². The first-order chi connectivity index (χ1) is 8.75. The Morgan fingerprint density at radius 1 is 1.42 bits per heavy atom. The molecule has 4 heteroatoms. The number of hydrogen-bond donors (Lipinski definition) is 2. The Hall–Kier alpha value is -1.71. The van der Waals surface area contributed by atoms with Crippen LogP contribution in [0.25, 0.3) is 0 Å². The van der Waals surface area contributed by atoms with E-state index in [1.807, 2.05) is 0 Å². The second-order valence-electron chi connectivity index (χ2n) is 5.75. The highest BCUT2D eigenvalue weighted by molar-refractivity contribution is 5.92. The second kappa shape index (κ2) is 5.95. The predicted octanol–water partition coefficient (Wildman–Crippen LogP) is 3.29. The number of anilines is 2. The third kappa shape index (κ3) is 4.16. The fraction of sp³-hybridized carbons (Fsp3) is 0.533. The minimum absolute atomic E-state index is 0.104. The molecule has 0 aliphatic rings. The van der Waals surface area contributed by atoms with Crippen molar-refractivity contribution in [2.45, 2.75) is 40.7 Å². The number of carbonyl (C=O) groups excluding carboxylic acids is 1. The maximum Gasteiger partial charge on any atom is 0.338 e. The molecule has 1 rings (SSSR count). The molecule has 0 saturated heterocycles. The number of nitrogens with two attached hydrogens (primary N) is 1. The zero-order valence-electron chi connectivity index (χ0n) is 12.4. The van der Waals surface area contributed by atoms with Gasteiger partial charge in [0.15, 0.2) is 0 Å². The maximum absolute atomic E-state index is 11.7. The summed E-state index contributed by atoms with van der Waals surface area (Å²) >= 11 is 0. The van der Waals surface area contributed by atoms with Gasteiger partial charge in [-0.25, -0.2) is 4.79 Å². The average Bonchev–Trinajstić information content (AvgIpc) is 2.30. The molecule has 0 fully saturated rings. The molecule has 19 heavy (non-hydrogen) atoms. The van der Waals surface area contributed by atoms with Gasteiger partial charge in [-0.3, -0.25) is 0 Å². The predicted molar refractivity (Wildman–Crippen MR) is 79.4 cm³/mol. The lowest BCUT2D eigenvalue weighted by Gasteiger charge is -2.29. The minimum atomic E-state index is -0.325. The van der Waals surface area contributed by atoms with Crippen LogP contribution in [-0.4, -0.2) is 18.6 Å². The Labute approximate surface area is 115 Å². The van der Waals surface area contributed by atoms with Crippen molar-refractivity contribution < 1.29 is 9.53 Å². The molecule has 0 heterocycles. The summed E-state index contributed by atoms with van der Waals surface area (Å²) in [5.74, 6) is -0.325. The van der Waals surface area contributed by atoms with Crippen molar-refractivity contribution in [3.05, 3.63) is 23.8 Å². The summed E-state index contributed by atoms with van der Waals surface area (Å²) in [7, 11) is 0. The molecular formula is C15H24N2O2. The molecule has 0 aliphatic carbocycles. The molecule has 1 atom stereocenters. The normalized spacial score (nSPS) is 12.9. The van der Waals surface area contributed by atoms with Crippen LogP contribution in [0.15, 0.2) is 18.2 Å². The van der Waals surface area contributed by atoms with Gasteiger partial charge < -0.3 is 15.8 Å². The highest BCUT2D eigenvalue weighted by atomic mass is 16.5. The van der Waals surface area contributed by atoms with E-state index in [0.717, 1.165) is 5.69 Å². The molecular weight excluding hydrogens is 240 g/mol. The molecule has 1 unspecified atom stereocenters. The first-order valence-electron chi connectivity index (χ1n) is 6.59. The molecule has 0 radical (unpaired) electrons. The van der Waals surface area contributed by atoms with E-state index in [1.165, 1.54) is 0 Å². The first kappa shape index (κ1) is 15.3. The van der Waals surface area contributed by atoms with E-state index in [-0.39, 0.29) is 17.4 Å². The van der Waals surface area contributed by atoms with Crippen LogP contribution >= 0.6 is 0 Å². The Balaban J connectivity index is 2.95. The van der Waals surface area contributed by atoms with Gasteiger partial charge in [0.05, 0.1) is 23.5 Å². The molecule has 0 bridgehead atoms.